The molecule has 1 unspecified atom stereocenters. The summed E-state index contributed by atoms with van der Waals surface area (Å²) in [6.45, 7) is 9.41. The van der Waals surface area contributed by atoms with Crippen LogP contribution in [0.3, 0.4) is 0 Å². The van der Waals surface area contributed by atoms with Crippen molar-refractivity contribution in [1.82, 2.24) is 14.8 Å². The van der Waals surface area contributed by atoms with Gasteiger partial charge in [0.1, 0.15) is 11.9 Å². The van der Waals surface area contributed by atoms with Gasteiger partial charge in [-0.3, -0.25) is 18.8 Å². The van der Waals surface area contributed by atoms with Gasteiger partial charge in [0.25, 0.3) is 5.56 Å². The molecule has 3 aromatic rings. The Balaban J connectivity index is 1.74. The fraction of sp³-hybridized carbons (Fsp3) is 0.472. The van der Waals surface area contributed by atoms with Crippen molar-refractivity contribution >= 4 is 11.9 Å². The molecule has 1 aliphatic rings. The summed E-state index contributed by atoms with van der Waals surface area (Å²) in [6.07, 6.45) is -4.54. The van der Waals surface area contributed by atoms with E-state index in [4.69, 9.17) is 0 Å². The Bertz CT molecular complexity index is 1690. The average molecular weight is 676 g/mol. The molecule has 1 fully saturated rings. The maximum Gasteiger partial charge on any atom is 0.416 e. The SMILES string of the molecule is Cc1cc(-c2c(C)cccc2C)cc(C(CC(=O)O)NC(=O)[C@H](CC(C)C)n2cc(CCN3CC(CF)C3)c(C(F)(F)F)cc2=O)c1F. The molecule has 2 aromatic carbocycles. The number of likely N-dealkylation sites (tertiary alicyclic amines) is 1. The molecule has 12 heteroatoms. The highest BCUT2D eigenvalue weighted by molar-refractivity contribution is 5.82. The fourth-order valence-corrected chi connectivity index (χ4v) is 6.47. The van der Waals surface area contributed by atoms with Crippen molar-refractivity contribution in [3.05, 3.63) is 92.1 Å². The highest BCUT2D eigenvalue weighted by Gasteiger charge is 2.36. The number of rotatable bonds is 13. The number of hydrogen-bond acceptors (Lipinski definition) is 4. The minimum absolute atomic E-state index is 0.0323. The van der Waals surface area contributed by atoms with E-state index in [2.05, 4.69) is 5.32 Å². The third kappa shape index (κ3) is 8.50. The molecule has 1 saturated heterocycles. The van der Waals surface area contributed by atoms with Gasteiger partial charge in [0, 0.05) is 43.4 Å². The predicted molar refractivity (Wildman–Crippen MR) is 173 cm³/mol. The van der Waals surface area contributed by atoms with Crippen LogP contribution in [0.2, 0.25) is 0 Å². The van der Waals surface area contributed by atoms with Crippen molar-refractivity contribution in [2.24, 2.45) is 11.8 Å². The van der Waals surface area contributed by atoms with E-state index >= 15 is 4.39 Å². The number of benzene rings is 2. The summed E-state index contributed by atoms with van der Waals surface area (Å²) in [7, 11) is 0. The van der Waals surface area contributed by atoms with Crippen LogP contribution in [0.15, 0.2) is 47.4 Å². The molecule has 7 nitrogen and oxygen atoms in total. The second-order valence-corrected chi connectivity index (χ2v) is 13.3. The molecule has 1 amide bonds. The van der Waals surface area contributed by atoms with Crippen molar-refractivity contribution in [3.8, 4) is 11.1 Å². The van der Waals surface area contributed by atoms with E-state index in [1.165, 1.54) is 6.07 Å². The van der Waals surface area contributed by atoms with Crippen LogP contribution in [0.25, 0.3) is 11.1 Å². The number of aryl methyl sites for hydroxylation is 3. The van der Waals surface area contributed by atoms with Crippen LogP contribution in [-0.4, -0.2) is 52.8 Å². The Labute approximate surface area is 276 Å². The number of carbonyl (C=O) groups is 2. The molecule has 1 aliphatic heterocycles. The lowest BCUT2D eigenvalue weighted by Gasteiger charge is -2.38. The minimum Gasteiger partial charge on any atom is -0.481 e. The summed E-state index contributed by atoms with van der Waals surface area (Å²) in [6, 6.07) is 6.64. The first-order chi connectivity index (χ1) is 22.5. The van der Waals surface area contributed by atoms with Gasteiger partial charge in [-0.25, -0.2) is 4.39 Å². The molecule has 2 heterocycles. The lowest BCUT2D eigenvalue weighted by molar-refractivity contribution is -0.139. The number of nitrogens with zero attached hydrogens (tertiary/aromatic N) is 2. The van der Waals surface area contributed by atoms with E-state index in [-0.39, 0.29) is 47.9 Å². The highest BCUT2D eigenvalue weighted by Crippen LogP contribution is 2.35. The maximum absolute atomic E-state index is 15.8. The summed E-state index contributed by atoms with van der Waals surface area (Å²) in [5.41, 5.74) is 1.10. The number of amides is 1. The summed E-state index contributed by atoms with van der Waals surface area (Å²) >= 11 is 0. The zero-order chi connectivity index (χ0) is 35.5. The number of aliphatic carboxylic acids is 1. The quantitative estimate of drug-likeness (QED) is 0.191. The number of halogens is 5. The van der Waals surface area contributed by atoms with Gasteiger partial charge in [0.2, 0.25) is 5.91 Å². The molecule has 2 N–H and O–H groups in total. The number of alkyl halides is 4. The van der Waals surface area contributed by atoms with Gasteiger partial charge < -0.3 is 19.9 Å². The van der Waals surface area contributed by atoms with E-state index in [0.717, 1.165) is 27.5 Å². The molecule has 48 heavy (non-hydrogen) atoms. The van der Waals surface area contributed by atoms with Crippen molar-refractivity contribution < 1.29 is 36.6 Å². The lowest BCUT2D eigenvalue weighted by atomic mass is 9.90. The maximum atomic E-state index is 15.8. The lowest BCUT2D eigenvalue weighted by Crippen LogP contribution is -2.48. The van der Waals surface area contributed by atoms with Crippen molar-refractivity contribution in [3.63, 3.8) is 0 Å². The summed E-state index contributed by atoms with van der Waals surface area (Å²) in [5.74, 6) is -3.21. The van der Waals surface area contributed by atoms with Crippen LogP contribution in [0.4, 0.5) is 22.0 Å². The van der Waals surface area contributed by atoms with Gasteiger partial charge in [0.15, 0.2) is 0 Å². The largest absolute Gasteiger partial charge is 0.481 e. The normalized spacial score (nSPS) is 15.3. The van der Waals surface area contributed by atoms with Crippen molar-refractivity contribution in [2.75, 3.05) is 26.3 Å². The molecule has 0 saturated carbocycles. The smallest absolute Gasteiger partial charge is 0.416 e. The third-order valence-corrected chi connectivity index (χ3v) is 8.87. The topological polar surface area (TPSA) is 91.6 Å². The second-order valence-electron chi connectivity index (χ2n) is 13.3. The molecule has 260 valence electrons. The first-order valence-corrected chi connectivity index (χ1v) is 16.0. The first-order valence-electron chi connectivity index (χ1n) is 16.0. The van der Waals surface area contributed by atoms with E-state index in [1.807, 2.05) is 36.9 Å². The van der Waals surface area contributed by atoms with Crippen LogP contribution in [0.5, 0.6) is 0 Å². The monoisotopic (exact) mass is 675 g/mol. The van der Waals surface area contributed by atoms with Gasteiger partial charge >= 0.3 is 12.1 Å². The first kappa shape index (κ1) is 36.8. The van der Waals surface area contributed by atoms with Crippen molar-refractivity contribution in [2.45, 2.75) is 72.1 Å². The Morgan fingerprint density at radius 1 is 1.04 bits per heavy atom. The van der Waals surface area contributed by atoms with Crippen LogP contribution in [0, 0.1) is 38.4 Å². The second kappa shape index (κ2) is 15.0. The fourth-order valence-electron chi connectivity index (χ4n) is 6.47. The standard InChI is InChI=1S/C36H42F5N3O4/c1-20(2)11-30(44-19-25(9-10-43-17-24(16-37)18-43)28(14-31(44)45)36(39,40)41)35(48)42-29(15-32(46)47)27-13-26(12-23(5)34(27)38)33-21(3)7-6-8-22(33)4/h6-8,12-14,19-20,24,29-30H,9-11,15-18H2,1-5H3,(H,42,48)(H,46,47)/t29?,30-/m0/s1. The van der Waals surface area contributed by atoms with Gasteiger partial charge in [-0.15, -0.1) is 0 Å². The van der Waals surface area contributed by atoms with E-state index < -0.39 is 60.2 Å². The average Bonchev–Trinajstić information content (AvgIpc) is 2.96. The molecule has 0 bridgehead atoms. The van der Waals surface area contributed by atoms with E-state index in [9.17, 15) is 37.1 Å². The number of hydrogen-bond donors (Lipinski definition) is 2. The molecular weight excluding hydrogens is 633 g/mol. The highest BCUT2D eigenvalue weighted by atomic mass is 19.4. The minimum atomic E-state index is -4.83. The van der Waals surface area contributed by atoms with E-state index in [1.54, 1.807) is 26.8 Å². The number of carboxylic acids is 1. The molecule has 0 aliphatic carbocycles. The van der Waals surface area contributed by atoms with Crippen molar-refractivity contribution in [1.29, 1.82) is 0 Å². The molecule has 1 aromatic heterocycles. The van der Waals surface area contributed by atoms with Gasteiger partial charge in [0.05, 0.1) is 24.7 Å². The number of nitrogens with one attached hydrogen (secondary N) is 1. The Morgan fingerprint density at radius 3 is 2.25 bits per heavy atom. The molecule has 2 atom stereocenters. The Kier molecular flexibility index (Phi) is 11.5. The van der Waals surface area contributed by atoms with Gasteiger partial charge in [-0.2, -0.15) is 13.2 Å². The zero-order valence-electron chi connectivity index (χ0n) is 27.8. The molecular formula is C36H42F5N3O4. The molecule has 0 radical (unpaired) electrons. The van der Waals surface area contributed by atoms with Gasteiger partial charge in [-0.05, 0) is 85.0 Å². The van der Waals surface area contributed by atoms with Gasteiger partial charge in [-0.1, -0.05) is 32.0 Å². The number of aromatic nitrogens is 1. The van der Waals surface area contributed by atoms with E-state index in [0.29, 0.717) is 24.7 Å². The summed E-state index contributed by atoms with van der Waals surface area (Å²) < 4.78 is 71.7. The molecule has 4 rings (SSSR count). The summed E-state index contributed by atoms with van der Waals surface area (Å²) in [5, 5.41) is 12.4. The Morgan fingerprint density at radius 2 is 1.69 bits per heavy atom. The zero-order valence-corrected chi connectivity index (χ0v) is 27.8. The van der Waals surface area contributed by atoms with Crippen LogP contribution < -0.4 is 10.9 Å². The van der Waals surface area contributed by atoms with Crippen LogP contribution in [-0.2, 0) is 22.2 Å². The number of carboxylic acid groups (broad SMARTS) is 1. The Hall–Kier alpha value is -4.06. The predicted octanol–water partition coefficient (Wildman–Crippen LogP) is 6.96. The molecule has 0 spiro atoms. The van der Waals surface area contributed by atoms with Crippen LogP contribution >= 0.6 is 0 Å². The van der Waals surface area contributed by atoms with Crippen LogP contribution in [0.1, 0.15) is 72.2 Å². The summed E-state index contributed by atoms with van der Waals surface area (Å²) in [4.78, 5) is 41.0. The third-order valence-electron chi connectivity index (χ3n) is 8.87. The number of pyridine rings is 1. The number of carbonyl (C=O) groups excluding carboxylic acids is 1.